The van der Waals surface area contributed by atoms with Crippen LogP contribution in [0.25, 0.3) is 11.0 Å². The average Bonchev–Trinajstić information content (AvgIpc) is 2.77. The summed E-state index contributed by atoms with van der Waals surface area (Å²) in [5.74, 6) is 1.70. The maximum atomic E-state index is 5.92. The van der Waals surface area contributed by atoms with Crippen molar-refractivity contribution in [1.82, 2.24) is 9.55 Å². The molecule has 1 aromatic carbocycles. The van der Waals surface area contributed by atoms with Crippen molar-refractivity contribution in [3.8, 4) is 0 Å². The van der Waals surface area contributed by atoms with Gasteiger partial charge in [0.25, 0.3) is 0 Å². The summed E-state index contributed by atoms with van der Waals surface area (Å²) in [4.78, 5) is 4.74. The molecule has 0 spiro atoms. The van der Waals surface area contributed by atoms with E-state index in [0.29, 0.717) is 11.9 Å². The lowest BCUT2D eigenvalue weighted by atomic mass is 10.1. The molecule has 2 heterocycles. The van der Waals surface area contributed by atoms with Gasteiger partial charge in [0, 0.05) is 36.0 Å². The average molecular weight is 344 g/mol. The minimum absolute atomic E-state index is 0.478. The molecule has 5 heteroatoms. The molecule has 0 atom stereocenters. The topological polar surface area (TPSA) is 27.1 Å². The number of benzene rings is 1. The van der Waals surface area contributed by atoms with Gasteiger partial charge in [0.15, 0.2) is 0 Å². The second-order valence-corrected chi connectivity index (χ2v) is 6.11. The number of nitrogens with zero attached hydrogens (tertiary/aromatic N) is 2. The SMILES string of the molecule is ClCCc1nc2ccc(Br)cc2n1C1CCOCC1. The maximum Gasteiger partial charge on any atom is 0.111 e. The van der Waals surface area contributed by atoms with Gasteiger partial charge in [0.1, 0.15) is 5.82 Å². The molecule has 2 aromatic rings. The van der Waals surface area contributed by atoms with Crippen LogP contribution in [-0.4, -0.2) is 28.6 Å². The molecule has 0 bridgehead atoms. The summed E-state index contributed by atoms with van der Waals surface area (Å²) >= 11 is 9.47. The molecule has 3 rings (SSSR count). The Hall–Kier alpha value is -0.580. The van der Waals surface area contributed by atoms with E-state index in [-0.39, 0.29) is 0 Å². The molecule has 19 heavy (non-hydrogen) atoms. The zero-order valence-electron chi connectivity index (χ0n) is 10.6. The standard InChI is InChI=1S/C14H16BrClN2O/c15-10-1-2-12-13(9-10)18(14(17-12)3-6-16)11-4-7-19-8-5-11/h1-2,9,11H,3-8H2. The molecule has 0 aliphatic carbocycles. The molecule has 0 saturated carbocycles. The Morgan fingerprint density at radius 3 is 2.89 bits per heavy atom. The quantitative estimate of drug-likeness (QED) is 0.790. The van der Waals surface area contributed by atoms with Gasteiger partial charge in [0.05, 0.1) is 11.0 Å². The van der Waals surface area contributed by atoms with E-state index < -0.39 is 0 Å². The van der Waals surface area contributed by atoms with Crippen molar-refractivity contribution in [3.63, 3.8) is 0 Å². The highest BCUT2D eigenvalue weighted by atomic mass is 79.9. The van der Waals surface area contributed by atoms with E-state index in [0.717, 1.165) is 48.3 Å². The fourth-order valence-electron chi connectivity index (χ4n) is 2.73. The number of imidazole rings is 1. The van der Waals surface area contributed by atoms with Crippen LogP contribution in [0.5, 0.6) is 0 Å². The molecular weight excluding hydrogens is 328 g/mol. The number of halogens is 2. The Morgan fingerprint density at radius 2 is 2.16 bits per heavy atom. The molecule has 0 unspecified atom stereocenters. The monoisotopic (exact) mass is 342 g/mol. The van der Waals surface area contributed by atoms with Crippen LogP contribution in [0.2, 0.25) is 0 Å². The van der Waals surface area contributed by atoms with Crippen LogP contribution < -0.4 is 0 Å². The second-order valence-electron chi connectivity index (χ2n) is 4.81. The Bertz CT molecular complexity index is 578. The van der Waals surface area contributed by atoms with Crippen molar-refractivity contribution in [3.05, 3.63) is 28.5 Å². The molecule has 1 fully saturated rings. The summed E-state index contributed by atoms with van der Waals surface area (Å²) in [6.45, 7) is 1.66. The lowest BCUT2D eigenvalue weighted by molar-refractivity contribution is 0.0699. The van der Waals surface area contributed by atoms with Crippen molar-refractivity contribution in [1.29, 1.82) is 0 Å². The van der Waals surface area contributed by atoms with Gasteiger partial charge >= 0.3 is 0 Å². The van der Waals surface area contributed by atoms with Crippen molar-refractivity contribution in [2.75, 3.05) is 19.1 Å². The van der Waals surface area contributed by atoms with E-state index in [1.54, 1.807) is 0 Å². The fraction of sp³-hybridized carbons (Fsp3) is 0.500. The first-order valence-electron chi connectivity index (χ1n) is 6.59. The third-order valence-electron chi connectivity index (χ3n) is 3.60. The Balaban J connectivity index is 2.11. The molecule has 102 valence electrons. The predicted octanol–water partition coefficient (Wildman–Crippen LogP) is 3.93. The van der Waals surface area contributed by atoms with Gasteiger partial charge in [-0.1, -0.05) is 15.9 Å². The molecular formula is C14H16BrClN2O. The van der Waals surface area contributed by atoms with Crippen molar-refractivity contribution >= 4 is 38.6 Å². The van der Waals surface area contributed by atoms with Gasteiger partial charge in [0.2, 0.25) is 0 Å². The van der Waals surface area contributed by atoms with Crippen LogP contribution >= 0.6 is 27.5 Å². The minimum Gasteiger partial charge on any atom is -0.381 e. The third kappa shape index (κ3) is 2.67. The lowest BCUT2D eigenvalue weighted by Crippen LogP contribution is -2.21. The molecule has 0 radical (unpaired) electrons. The number of fused-ring (bicyclic) bond motifs is 1. The van der Waals surface area contributed by atoms with Gasteiger partial charge in [-0.05, 0) is 31.0 Å². The van der Waals surface area contributed by atoms with E-state index in [1.165, 1.54) is 5.52 Å². The van der Waals surface area contributed by atoms with Gasteiger partial charge in [-0.15, -0.1) is 11.6 Å². The van der Waals surface area contributed by atoms with E-state index in [4.69, 9.17) is 21.3 Å². The van der Waals surface area contributed by atoms with Crippen LogP contribution in [-0.2, 0) is 11.2 Å². The Labute approximate surface area is 126 Å². The highest BCUT2D eigenvalue weighted by Gasteiger charge is 2.21. The van der Waals surface area contributed by atoms with Crippen LogP contribution in [0.15, 0.2) is 22.7 Å². The summed E-state index contributed by atoms with van der Waals surface area (Å²) < 4.78 is 8.92. The lowest BCUT2D eigenvalue weighted by Gasteiger charge is -2.25. The normalized spacial score (nSPS) is 17.2. The van der Waals surface area contributed by atoms with Gasteiger partial charge in [-0.3, -0.25) is 0 Å². The van der Waals surface area contributed by atoms with E-state index in [2.05, 4.69) is 32.6 Å². The van der Waals surface area contributed by atoms with Gasteiger partial charge in [-0.25, -0.2) is 4.98 Å². The maximum absolute atomic E-state index is 5.92. The number of rotatable bonds is 3. The minimum atomic E-state index is 0.478. The van der Waals surface area contributed by atoms with E-state index in [9.17, 15) is 0 Å². The van der Waals surface area contributed by atoms with Gasteiger partial charge < -0.3 is 9.30 Å². The highest BCUT2D eigenvalue weighted by molar-refractivity contribution is 9.10. The van der Waals surface area contributed by atoms with Crippen molar-refractivity contribution in [2.45, 2.75) is 25.3 Å². The first kappa shape index (κ1) is 13.4. The first-order valence-corrected chi connectivity index (χ1v) is 7.92. The Morgan fingerprint density at radius 1 is 1.37 bits per heavy atom. The largest absolute Gasteiger partial charge is 0.381 e. The summed E-state index contributed by atoms with van der Waals surface area (Å²) in [5.41, 5.74) is 2.25. The van der Waals surface area contributed by atoms with Crippen molar-refractivity contribution < 1.29 is 4.74 Å². The molecule has 1 aliphatic rings. The summed E-state index contributed by atoms with van der Waals surface area (Å²) in [6.07, 6.45) is 2.91. The van der Waals surface area contributed by atoms with Crippen LogP contribution in [0, 0.1) is 0 Å². The molecule has 1 saturated heterocycles. The summed E-state index contributed by atoms with van der Waals surface area (Å²) in [6, 6.07) is 6.72. The highest BCUT2D eigenvalue weighted by Crippen LogP contribution is 2.29. The number of ether oxygens (including phenoxy) is 1. The Kier molecular flexibility index (Phi) is 4.10. The second kappa shape index (κ2) is 5.81. The number of aryl methyl sites for hydroxylation is 1. The van der Waals surface area contributed by atoms with Crippen LogP contribution in [0.4, 0.5) is 0 Å². The molecule has 0 N–H and O–H groups in total. The summed E-state index contributed by atoms with van der Waals surface area (Å²) in [5, 5.41) is 0. The number of aromatic nitrogens is 2. The third-order valence-corrected chi connectivity index (χ3v) is 4.28. The molecule has 1 aromatic heterocycles. The van der Waals surface area contributed by atoms with Crippen LogP contribution in [0.3, 0.4) is 0 Å². The number of alkyl halides is 1. The zero-order valence-corrected chi connectivity index (χ0v) is 13.0. The smallest absolute Gasteiger partial charge is 0.111 e. The van der Waals surface area contributed by atoms with Crippen molar-refractivity contribution in [2.24, 2.45) is 0 Å². The first-order chi connectivity index (χ1) is 9.29. The fourth-order valence-corrected chi connectivity index (χ4v) is 3.25. The number of hydrogen-bond acceptors (Lipinski definition) is 2. The number of hydrogen-bond donors (Lipinski definition) is 0. The summed E-state index contributed by atoms with van der Waals surface area (Å²) in [7, 11) is 0. The predicted molar refractivity (Wildman–Crippen MR) is 80.9 cm³/mol. The van der Waals surface area contributed by atoms with Crippen LogP contribution in [0.1, 0.15) is 24.7 Å². The molecule has 3 nitrogen and oxygen atoms in total. The van der Waals surface area contributed by atoms with E-state index in [1.807, 2.05) is 6.07 Å². The molecule has 1 aliphatic heterocycles. The van der Waals surface area contributed by atoms with Gasteiger partial charge in [-0.2, -0.15) is 0 Å². The molecule has 0 amide bonds. The zero-order chi connectivity index (χ0) is 13.2. The van der Waals surface area contributed by atoms with E-state index >= 15 is 0 Å².